The van der Waals surface area contributed by atoms with Crippen molar-refractivity contribution in [2.24, 2.45) is 0 Å². The van der Waals surface area contributed by atoms with Gasteiger partial charge in [0.1, 0.15) is 6.04 Å². The third-order valence-electron chi connectivity index (χ3n) is 3.22. The number of aliphatic carboxylic acids is 1. The van der Waals surface area contributed by atoms with E-state index >= 15 is 0 Å². The zero-order valence-electron chi connectivity index (χ0n) is 12.3. The first-order chi connectivity index (χ1) is 11.1. The van der Waals surface area contributed by atoms with Crippen LogP contribution in [0.4, 0.5) is 5.69 Å². The molecule has 0 bridgehead atoms. The average Bonchev–Trinajstić information content (AvgIpc) is 2.49. The Morgan fingerprint density at radius 2 is 1.75 bits per heavy atom. The number of hydrogen-bond acceptors (Lipinski definition) is 3. The van der Waals surface area contributed by atoms with Crippen molar-refractivity contribution in [2.75, 3.05) is 4.31 Å². The smallest absolute Gasteiger partial charge is 0.327 e. The molecule has 2 rings (SSSR count). The third kappa shape index (κ3) is 3.78. The molecule has 0 aliphatic carbocycles. The Labute approximate surface area is 154 Å². The number of nitrogens with zero attached hydrogens (tertiary/aromatic N) is 1. The van der Waals surface area contributed by atoms with Crippen LogP contribution in [0.5, 0.6) is 0 Å². The van der Waals surface area contributed by atoms with E-state index in [0.29, 0.717) is 0 Å². The van der Waals surface area contributed by atoms with E-state index in [2.05, 4.69) is 0 Å². The van der Waals surface area contributed by atoms with Crippen molar-refractivity contribution in [2.45, 2.75) is 17.9 Å². The number of rotatable bonds is 5. The van der Waals surface area contributed by atoms with Crippen LogP contribution in [0.2, 0.25) is 15.1 Å². The highest BCUT2D eigenvalue weighted by atomic mass is 35.5. The Balaban J connectivity index is 2.65. The molecule has 2 aromatic carbocycles. The normalized spacial score (nSPS) is 12.7. The molecule has 1 atom stereocenters. The van der Waals surface area contributed by atoms with Crippen molar-refractivity contribution in [3.05, 3.63) is 57.5 Å². The summed E-state index contributed by atoms with van der Waals surface area (Å²) in [6.45, 7) is 1.26. The van der Waals surface area contributed by atoms with E-state index in [0.717, 1.165) is 4.31 Å². The van der Waals surface area contributed by atoms with E-state index in [9.17, 15) is 18.3 Å². The highest BCUT2D eigenvalue weighted by molar-refractivity contribution is 7.93. The van der Waals surface area contributed by atoms with Crippen molar-refractivity contribution in [1.82, 2.24) is 0 Å². The molecule has 24 heavy (non-hydrogen) atoms. The van der Waals surface area contributed by atoms with Gasteiger partial charge in [0, 0.05) is 5.02 Å². The third-order valence-corrected chi connectivity index (χ3v) is 6.09. The van der Waals surface area contributed by atoms with Crippen molar-refractivity contribution in [3.63, 3.8) is 0 Å². The molecule has 0 aliphatic rings. The molecular weight excluding hydrogens is 397 g/mol. The maximum absolute atomic E-state index is 13.0. The van der Waals surface area contributed by atoms with Crippen LogP contribution in [0.15, 0.2) is 47.4 Å². The summed E-state index contributed by atoms with van der Waals surface area (Å²) in [6, 6.07) is 8.32. The fourth-order valence-corrected chi connectivity index (χ4v) is 4.21. The number of carbonyl (C=O) groups is 1. The van der Waals surface area contributed by atoms with Crippen LogP contribution >= 0.6 is 34.8 Å². The fraction of sp³-hybridized carbons (Fsp3) is 0.133. The molecule has 0 aliphatic heterocycles. The molecule has 0 heterocycles. The molecule has 5 nitrogen and oxygen atoms in total. The van der Waals surface area contributed by atoms with Gasteiger partial charge in [-0.05, 0) is 43.3 Å². The summed E-state index contributed by atoms with van der Waals surface area (Å²) in [5.74, 6) is -1.31. The molecule has 0 fully saturated rings. The largest absolute Gasteiger partial charge is 0.480 e. The van der Waals surface area contributed by atoms with Gasteiger partial charge < -0.3 is 5.11 Å². The van der Waals surface area contributed by atoms with Crippen molar-refractivity contribution < 1.29 is 18.3 Å². The van der Waals surface area contributed by atoms with Crippen molar-refractivity contribution in [1.29, 1.82) is 0 Å². The molecular formula is C15H12Cl3NO4S. The monoisotopic (exact) mass is 407 g/mol. The Hall–Kier alpha value is -1.47. The zero-order chi connectivity index (χ0) is 18.1. The molecule has 0 saturated carbocycles. The van der Waals surface area contributed by atoms with E-state index in [-0.39, 0.29) is 25.7 Å². The van der Waals surface area contributed by atoms with E-state index in [4.69, 9.17) is 34.8 Å². The summed E-state index contributed by atoms with van der Waals surface area (Å²) < 4.78 is 26.7. The summed E-state index contributed by atoms with van der Waals surface area (Å²) in [6.07, 6.45) is 0. The second kappa shape index (κ2) is 7.19. The Morgan fingerprint density at radius 3 is 2.29 bits per heavy atom. The van der Waals surface area contributed by atoms with Gasteiger partial charge in [0.2, 0.25) is 0 Å². The standard InChI is InChI=1S/C15H12Cl3NO4S/c1-9(15(20)21)19(11-4-2-3-10(16)7-11)24(22,23)12-5-6-13(17)14(18)8-12/h2-9H,1H3,(H,20,21). The first-order valence-electron chi connectivity index (χ1n) is 6.62. The molecule has 0 radical (unpaired) electrons. The molecule has 0 saturated heterocycles. The predicted molar refractivity (Wildman–Crippen MR) is 94.7 cm³/mol. The lowest BCUT2D eigenvalue weighted by molar-refractivity contribution is -0.137. The Bertz CT molecular complexity index is 886. The maximum atomic E-state index is 13.0. The van der Waals surface area contributed by atoms with Crippen LogP contribution in [0.1, 0.15) is 6.92 Å². The Kier molecular flexibility index (Phi) is 5.65. The minimum absolute atomic E-state index is 0.0479. The SMILES string of the molecule is CC(C(=O)O)N(c1cccc(Cl)c1)S(=O)(=O)c1ccc(Cl)c(Cl)c1. The van der Waals surface area contributed by atoms with Gasteiger partial charge in [0.05, 0.1) is 20.6 Å². The molecule has 0 aromatic heterocycles. The lowest BCUT2D eigenvalue weighted by atomic mass is 10.2. The highest BCUT2D eigenvalue weighted by Crippen LogP contribution is 2.31. The van der Waals surface area contributed by atoms with Gasteiger partial charge >= 0.3 is 5.97 Å². The van der Waals surface area contributed by atoms with Crippen LogP contribution < -0.4 is 4.31 Å². The molecule has 128 valence electrons. The summed E-state index contributed by atoms with van der Waals surface area (Å²) in [7, 11) is -4.20. The van der Waals surface area contributed by atoms with Gasteiger partial charge in [-0.2, -0.15) is 0 Å². The second-order valence-electron chi connectivity index (χ2n) is 4.87. The van der Waals surface area contributed by atoms with Gasteiger partial charge in [-0.3, -0.25) is 4.31 Å². The number of carboxylic acid groups (broad SMARTS) is 1. The van der Waals surface area contributed by atoms with Crippen LogP contribution in [0, 0.1) is 0 Å². The topological polar surface area (TPSA) is 74.7 Å². The Morgan fingerprint density at radius 1 is 1.08 bits per heavy atom. The number of hydrogen-bond donors (Lipinski definition) is 1. The number of benzene rings is 2. The number of anilines is 1. The fourth-order valence-electron chi connectivity index (χ4n) is 2.03. The predicted octanol–water partition coefficient (Wildman–Crippen LogP) is 4.32. The molecule has 0 spiro atoms. The lowest BCUT2D eigenvalue weighted by Gasteiger charge is -2.28. The van der Waals surface area contributed by atoms with Crippen LogP contribution in [-0.2, 0) is 14.8 Å². The van der Waals surface area contributed by atoms with Crippen molar-refractivity contribution in [3.8, 4) is 0 Å². The van der Waals surface area contributed by atoms with Gasteiger partial charge in [-0.15, -0.1) is 0 Å². The highest BCUT2D eigenvalue weighted by Gasteiger charge is 2.33. The van der Waals surface area contributed by atoms with E-state index in [1.807, 2.05) is 0 Å². The first-order valence-corrected chi connectivity index (χ1v) is 9.20. The summed E-state index contributed by atoms with van der Waals surface area (Å²) >= 11 is 17.6. The summed E-state index contributed by atoms with van der Waals surface area (Å²) in [5.41, 5.74) is 0.128. The average molecular weight is 409 g/mol. The molecule has 9 heteroatoms. The summed E-state index contributed by atoms with van der Waals surface area (Å²) in [4.78, 5) is 11.2. The minimum atomic E-state index is -4.20. The van der Waals surface area contributed by atoms with Gasteiger partial charge in [0.25, 0.3) is 10.0 Å². The maximum Gasteiger partial charge on any atom is 0.327 e. The minimum Gasteiger partial charge on any atom is -0.480 e. The van der Waals surface area contributed by atoms with Crippen LogP contribution in [-0.4, -0.2) is 25.5 Å². The van der Waals surface area contributed by atoms with E-state index < -0.39 is 22.0 Å². The molecule has 2 aromatic rings. The number of halogens is 3. The zero-order valence-corrected chi connectivity index (χ0v) is 15.4. The number of carboxylic acids is 1. The van der Waals surface area contributed by atoms with E-state index in [1.165, 1.54) is 43.3 Å². The van der Waals surface area contributed by atoms with Crippen LogP contribution in [0.25, 0.3) is 0 Å². The number of sulfonamides is 1. The van der Waals surface area contributed by atoms with Crippen LogP contribution in [0.3, 0.4) is 0 Å². The first kappa shape index (κ1) is 18.9. The van der Waals surface area contributed by atoms with Gasteiger partial charge in [0.15, 0.2) is 0 Å². The second-order valence-corrected chi connectivity index (χ2v) is 7.94. The van der Waals surface area contributed by atoms with E-state index in [1.54, 1.807) is 6.07 Å². The molecule has 0 amide bonds. The molecule has 1 unspecified atom stereocenters. The molecule has 1 N–H and O–H groups in total. The quantitative estimate of drug-likeness (QED) is 0.799. The van der Waals surface area contributed by atoms with Crippen molar-refractivity contribution >= 4 is 56.5 Å². The lowest BCUT2D eigenvalue weighted by Crippen LogP contribution is -2.43. The van der Waals surface area contributed by atoms with Gasteiger partial charge in [-0.1, -0.05) is 40.9 Å². The summed E-state index contributed by atoms with van der Waals surface area (Å²) in [5, 5.41) is 9.82. The van der Waals surface area contributed by atoms with Gasteiger partial charge in [-0.25, -0.2) is 13.2 Å².